The Hall–Kier alpha value is -3.45. The molecule has 0 spiro atoms. The first-order chi connectivity index (χ1) is 14.5. The van der Waals surface area contributed by atoms with Gasteiger partial charge in [-0.3, -0.25) is 4.79 Å². The Bertz CT molecular complexity index is 1210. The van der Waals surface area contributed by atoms with Gasteiger partial charge in [-0.25, -0.2) is 4.79 Å². The van der Waals surface area contributed by atoms with E-state index in [-0.39, 0.29) is 5.91 Å². The van der Waals surface area contributed by atoms with E-state index in [1.165, 1.54) is 0 Å². The van der Waals surface area contributed by atoms with Gasteiger partial charge in [0, 0.05) is 21.3 Å². The summed E-state index contributed by atoms with van der Waals surface area (Å²) in [6.45, 7) is 2.06. The third kappa shape index (κ3) is 4.11. The second-order valence-electron chi connectivity index (χ2n) is 6.50. The van der Waals surface area contributed by atoms with Gasteiger partial charge < -0.3 is 14.6 Å². The van der Waals surface area contributed by atoms with Gasteiger partial charge in [0.2, 0.25) is 0 Å². The summed E-state index contributed by atoms with van der Waals surface area (Å²) in [6, 6.07) is 19.4. The number of amides is 1. The second-order valence-corrected chi connectivity index (χ2v) is 7.42. The minimum absolute atomic E-state index is 0.274. The van der Waals surface area contributed by atoms with E-state index < -0.39 is 5.97 Å². The van der Waals surface area contributed by atoms with Crippen molar-refractivity contribution in [1.29, 1.82) is 0 Å². The monoisotopic (exact) mass is 464 g/mol. The Kier molecular flexibility index (Phi) is 5.63. The summed E-state index contributed by atoms with van der Waals surface area (Å²) in [5, 5.41) is 7.67. The minimum atomic E-state index is -0.395. The Morgan fingerprint density at radius 3 is 2.40 bits per heavy atom. The fraction of sp³-hybridized carbons (Fsp3) is 0.0870. The van der Waals surface area contributed by atoms with E-state index in [2.05, 4.69) is 26.4 Å². The molecule has 7 heteroatoms. The Morgan fingerprint density at radius 2 is 1.70 bits per heavy atom. The van der Waals surface area contributed by atoms with Gasteiger partial charge in [-0.1, -0.05) is 21.1 Å². The summed E-state index contributed by atoms with van der Waals surface area (Å²) in [7, 11) is 0. The maximum atomic E-state index is 12.7. The maximum absolute atomic E-state index is 12.7. The van der Waals surface area contributed by atoms with Crippen molar-refractivity contribution >= 4 is 44.4 Å². The number of rotatable bonds is 5. The molecule has 3 aromatic carbocycles. The highest BCUT2D eigenvalue weighted by molar-refractivity contribution is 9.10. The Morgan fingerprint density at radius 1 is 1.00 bits per heavy atom. The highest BCUT2D eigenvalue weighted by Gasteiger charge is 2.15. The molecule has 0 atom stereocenters. The van der Waals surface area contributed by atoms with Crippen LogP contribution in [0.5, 0.6) is 0 Å². The normalized spacial score (nSPS) is 10.7. The largest absolute Gasteiger partial charge is 0.462 e. The van der Waals surface area contributed by atoms with Gasteiger partial charge in [-0.15, -0.1) is 0 Å². The first-order valence-corrected chi connectivity index (χ1v) is 10.1. The molecule has 0 aliphatic carbocycles. The molecule has 0 saturated heterocycles. The Balaban J connectivity index is 1.57. The number of nitrogens with zero attached hydrogens (tertiary/aromatic N) is 1. The fourth-order valence-electron chi connectivity index (χ4n) is 3.00. The van der Waals surface area contributed by atoms with Crippen LogP contribution in [0, 0.1) is 0 Å². The molecule has 0 radical (unpaired) electrons. The van der Waals surface area contributed by atoms with E-state index in [1.807, 2.05) is 24.3 Å². The van der Waals surface area contributed by atoms with Gasteiger partial charge in [0.1, 0.15) is 5.52 Å². The Labute approximate surface area is 181 Å². The number of fused-ring (bicyclic) bond motifs is 1. The van der Waals surface area contributed by atoms with Gasteiger partial charge in [-0.05, 0) is 73.7 Å². The molecule has 0 fully saturated rings. The van der Waals surface area contributed by atoms with Crippen molar-refractivity contribution < 1.29 is 18.8 Å². The lowest BCUT2D eigenvalue weighted by atomic mass is 10.1. The highest BCUT2D eigenvalue weighted by atomic mass is 79.9. The predicted molar refractivity (Wildman–Crippen MR) is 117 cm³/mol. The first kappa shape index (κ1) is 19.8. The molecule has 1 heterocycles. The molecule has 0 unspecified atom stereocenters. The van der Waals surface area contributed by atoms with Crippen molar-refractivity contribution in [3.05, 3.63) is 82.3 Å². The first-order valence-electron chi connectivity index (χ1n) is 9.29. The van der Waals surface area contributed by atoms with Crippen LogP contribution in [-0.2, 0) is 4.74 Å². The number of esters is 1. The summed E-state index contributed by atoms with van der Waals surface area (Å²) < 4.78 is 11.4. The molecule has 0 saturated carbocycles. The molecular weight excluding hydrogens is 448 g/mol. The lowest BCUT2D eigenvalue weighted by Gasteiger charge is -2.07. The molecule has 6 nitrogen and oxygen atoms in total. The minimum Gasteiger partial charge on any atom is -0.462 e. The highest BCUT2D eigenvalue weighted by Crippen LogP contribution is 2.30. The van der Waals surface area contributed by atoms with Crippen LogP contribution in [-0.4, -0.2) is 23.6 Å². The van der Waals surface area contributed by atoms with E-state index in [0.717, 1.165) is 15.4 Å². The average molecular weight is 465 g/mol. The molecule has 0 aliphatic heterocycles. The lowest BCUT2D eigenvalue weighted by molar-refractivity contribution is 0.0526. The van der Waals surface area contributed by atoms with Gasteiger partial charge >= 0.3 is 5.97 Å². The van der Waals surface area contributed by atoms with Crippen LogP contribution in [0.4, 0.5) is 5.69 Å². The van der Waals surface area contributed by atoms with Gasteiger partial charge in [0.15, 0.2) is 5.76 Å². The maximum Gasteiger partial charge on any atom is 0.338 e. The van der Waals surface area contributed by atoms with Gasteiger partial charge in [-0.2, -0.15) is 0 Å². The third-order valence-electron chi connectivity index (χ3n) is 4.50. The number of hydrogen-bond donors (Lipinski definition) is 1. The van der Waals surface area contributed by atoms with Gasteiger partial charge in [0.05, 0.1) is 17.6 Å². The summed E-state index contributed by atoms with van der Waals surface area (Å²) in [5.74, 6) is -0.0663. The number of nitrogens with one attached hydrogen (secondary N) is 1. The van der Waals surface area contributed by atoms with Crippen LogP contribution >= 0.6 is 15.9 Å². The van der Waals surface area contributed by atoms with Crippen molar-refractivity contribution in [2.75, 3.05) is 11.9 Å². The number of carbonyl (C=O) groups excluding carboxylic acids is 2. The smallest absolute Gasteiger partial charge is 0.338 e. The summed E-state index contributed by atoms with van der Waals surface area (Å²) in [4.78, 5) is 24.5. The van der Waals surface area contributed by atoms with Crippen LogP contribution in [0.2, 0.25) is 0 Å². The molecule has 0 aliphatic rings. The molecule has 4 aromatic rings. The van der Waals surface area contributed by atoms with Crippen molar-refractivity contribution in [2.24, 2.45) is 0 Å². The van der Waals surface area contributed by atoms with Gasteiger partial charge in [0.25, 0.3) is 5.91 Å². The third-order valence-corrected chi connectivity index (χ3v) is 5.03. The summed E-state index contributed by atoms with van der Waals surface area (Å²) >= 11 is 3.42. The van der Waals surface area contributed by atoms with E-state index >= 15 is 0 Å². The molecule has 1 aromatic heterocycles. The van der Waals surface area contributed by atoms with Crippen LogP contribution < -0.4 is 5.32 Å². The molecule has 0 bridgehead atoms. The number of halogens is 1. The second kappa shape index (κ2) is 8.51. The molecule has 1 N–H and O–H groups in total. The number of ether oxygens (including phenoxy) is 1. The van der Waals surface area contributed by atoms with Crippen molar-refractivity contribution in [3.8, 4) is 11.3 Å². The topological polar surface area (TPSA) is 81.4 Å². The van der Waals surface area contributed by atoms with E-state index in [4.69, 9.17) is 9.26 Å². The van der Waals surface area contributed by atoms with E-state index in [0.29, 0.717) is 34.7 Å². The SMILES string of the molecule is CCOC(=O)c1ccc(NC(=O)c2ccc3noc(-c4ccc(Br)cc4)c3c2)cc1. The van der Waals surface area contributed by atoms with Crippen LogP contribution in [0.25, 0.3) is 22.2 Å². The average Bonchev–Trinajstić information content (AvgIpc) is 3.18. The number of benzene rings is 3. The fourth-order valence-corrected chi connectivity index (χ4v) is 3.26. The van der Waals surface area contributed by atoms with Crippen molar-refractivity contribution in [3.63, 3.8) is 0 Å². The quantitative estimate of drug-likeness (QED) is 0.383. The molecular formula is C23H17BrN2O4. The van der Waals surface area contributed by atoms with Crippen molar-refractivity contribution in [2.45, 2.75) is 6.92 Å². The number of carbonyl (C=O) groups is 2. The van der Waals surface area contributed by atoms with Crippen LogP contribution in [0.3, 0.4) is 0 Å². The zero-order chi connectivity index (χ0) is 21.1. The predicted octanol–water partition coefficient (Wildman–Crippen LogP) is 5.69. The molecule has 150 valence electrons. The number of hydrogen-bond acceptors (Lipinski definition) is 5. The number of anilines is 1. The van der Waals surface area contributed by atoms with E-state index in [1.54, 1.807) is 49.4 Å². The van der Waals surface area contributed by atoms with Crippen LogP contribution in [0.15, 0.2) is 75.7 Å². The molecule has 4 rings (SSSR count). The van der Waals surface area contributed by atoms with Crippen molar-refractivity contribution in [1.82, 2.24) is 5.16 Å². The van der Waals surface area contributed by atoms with E-state index in [9.17, 15) is 9.59 Å². The number of aromatic nitrogens is 1. The summed E-state index contributed by atoms with van der Waals surface area (Å²) in [5.41, 5.74) is 3.01. The summed E-state index contributed by atoms with van der Waals surface area (Å²) in [6.07, 6.45) is 0. The zero-order valence-electron chi connectivity index (χ0n) is 16.0. The zero-order valence-corrected chi connectivity index (χ0v) is 17.6. The molecule has 30 heavy (non-hydrogen) atoms. The molecule has 1 amide bonds. The standard InChI is InChI=1S/C23H17BrN2O4/c1-2-29-23(28)15-5-10-18(11-6-15)25-22(27)16-7-12-20-19(13-16)21(30-26-20)14-3-8-17(24)9-4-14/h3-13H,2H2,1H3,(H,25,27). The van der Waals surface area contributed by atoms with Crippen LogP contribution in [0.1, 0.15) is 27.6 Å². The lowest BCUT2D eigenvalue weighted by Crippen LogP contribution is -2.12.